The van der Waals surface area contributed by atoms with E-state index in [-0.39, 0.29) is 12.5 Å². The second-order valence-electron chi connectivity index (χ2n) is 8.08. The van der Waals surface area contributed by atoms with Crippen LogP contribution in [0.4, 0.5) is 10.5 Å². The summed E-state index contributed by atoms with van der Waals surface area (Å²) >= 11 is 0. The number of ether oxygens (including phenoxy) is 1. The third-order valence-electron chi connectivity index (χ3n) is 5.50. The third kappa shape index (κ3) is 8.58. The Morgan fingerprint density at radius 2 is 1.74 bits per heavy atom. The number of methoxy groups -OCH3 is 1. The van der Waals surface area contributed by atoms with Crippen molar-refractivity contribution in [3.8, 4) is 5.75 Å². The molecule has 0 saturated heterocycles. The van der Waals surface area contributed by atoms with Crippen LogP contribution in [0.5, 0.6) is 5.75 Å². The van der Waals surface area contributed by atoms with Crippen molar-refractivity contribution >= 4 is 27.7 Å². The van der Waals surface area contributed by atoms with Crippen molar-refractivity contribution < 1.29 is 27.9 Å². The highest BCUT2D eigenvalue weighted by Crippen LogP contribution is 2.18. The summed E-state index contributed by atoms with van der Waals surface area (Å²) in [6.07, 6.45) is 0.387. The smallest absolute Gasteiger partial charge is 0.405 e. The molecule has 9 nitrogen and oxygen atoms in total. The summed E-state index contributed by atoms with van der Waals surface area (Å²) in [5.74, 6) is -0.889. The Morgan fingerprint density at radius 1 is 1.09 bits per heavy atom. The Kier molecular flexibility index (Phi) is 10.2. The molecule has 0 aliphatic carbocycles. The second kappa shape index (κ2) is 12.8. The molecule has 186 valence electrons. The molecule has 2 amide bonds. The minimum Gasteiger partial charge on any atom is -0.497 e. The molecule has 0 heterocycles. The van der Waals surface area contributed by atoms with Gasteiger partial charge in [-0.1, -0.05) is 50.6 Å². The summed E-state index contributed by atoms with van der Waals surface area (Å²) in [6.45, 7) is 3.76. The summed E-state index contributed by atoms with van der Waals surface area (Å²) in [5, 5.41) is 11.5. The summed E-state index contributed by atoms with van der Waals surface area (Å²) < 4.78 is 33.4. The van der Waals surface area contributed by atoms with Crippen LogP contribution < -0.4 is 14.8 Å². The standard InChI is InChI=1S/C24H33N3O6S/c1-4-18(2)22(25-24(29)30)23(28)27(16-8-11-19-9-6-5-7-10-19)17-34(31,32)26-20-12-14-21(33-3)15-13-20/h5-7,9-10,12-15,18,22,25-26H,4,8,11,16-17H2,1-3H3,(H,29,30)/t18?,22-/m0/s1. The number of hydrogen-bond acceptors (Lipinski definition) is 5. The zero-order chi connectivity index (χ0) is 25.1. The first-order valence-corrected chi connectivity index (χ1v) is 12.8. The molecule has 0 radical (unpaired) electrons. The van der Waals surface area contributed by atoms with Crippen LogP contribution in [0, 0.1) is 5.92 Å². The second-order valence-corrected chi connectivity index (χ2v) is 9.77. The number of hydrogen-bond donors (Lipinski definition) is 3. The van der Waals surface area contributed by atoms with Gasteiger partial charge in [-0.25, -0.2) is 13.2 Å². The van der Waals surface area contributed by atoms with Crippen LogP contribution >= 0.6 is 0 Å². The number of carboxylic acid groups (broad SMARTS) is 1. The molecule has 0 aromatic heterocycles. The van der Waals surface area contributed by atoms with E-state index in [2.05, 4.69) is 10.0 Å². The summed E-state index contributed by atoms with van der Waals surface area (Å²) in [7, 11) is -2.44. The van der Waals surface area contributed by atoms with Crippen LogP contribution in [0.3, 0.4) is 0 Å². The lowest BCUT2D eigenvalue weighted by atomic mass is 9.98. The minimum atomic E-state index is -3.95. The van der Waals surface area contributed by atoms with E-state index in [4.69, 9.17) is 4.74 Å². The number of nitrogens with zero attached hydrogens (tertiary/aromatic N) is 1. The Balaban J connectivity index is 2.20. The number of benzene rings is 2. The van der Waals surface area contributed by atoms with E-state index >= 15 is 0 Å². The molecule has 10 heteroatoms. The maximum Gasteiger partial charge on any atom is 0.405 e. The van der Waals surface area contributed by atoms with E-state index < -0.39 is 33.9 Å². The lowest BCUT2D eigenvalue weighted by molar-refractivity contribution is -0.133. The monoisotopic (exact) mass is 491 g/mol. The maximum absolute atomic E-state index is 13.3. The lowest BCUT2D eigenvalue weighted by Gasteiger charge is -2.30. The van der Waals surface area contributed by atoms with Gasteiger partial charge in [0.1, 0.15) is 17.7 Å². The molecule has 0 aliphatic heterocycles. The molecule has 2 rings (SSSR count). The molecule has 2 aromatic rings. The van der Waals surface area contributed by atoms with Gasteiger partial charge in [-0.05, 0) is 48.6 Å². The Morgan fingerprint density at radius 3 is 2.29 bits per heavy atom. The van der Waals surface area contributed by atoms with Gasteiger partial charge in [0.25, 0.3) is 10.0 Å². The largest absolute Gasteiger partial charge is 0.497 e. The fourth-order valence-electron chi connectivity index (χ4n) is 3.45. The van der Waals surface area contributed by atoms with Gasteiger partial charge in [-0.2, -0.15) is 0 Å². The molecule has 34 heavy (non-hydrogen) atoms. The average Bonchev–Trinajstić information content (AvgIpc) is 2.81. The van der Waals surface area contributed by atoms with E-state index in [1.165, 1.54) is 12.0 Å². The fourth-order valence-corrected chi connectivity index (χ4v) is 4.67. The number of carbonyl (C=O) groups excluding carboxylic acids is 1. The van der Waals surface area contributed by atoms with Gasteiger partial charge < -0.3 is 20.1 Å². The quantitative estimate of drug-likeness (QED) is 0.394. The Hall–Kier alpha value is -3.27. The van der Waals surface area contributed by atoms with Gasteiger partial charge in [0.05, 0.1) is 7.11 Å². The molecule has 0 bridgehead atoms. The average molecular weight is 492 g/mol. The van der Waals surface area contributed by atoms with E-state index in [9.17, 15) is 23.1 Å². The van der Waals surface area contributed by atoms with Gasteiger partial charge in [0, 0.05) is 12.2 Å². The molecule has 2 atom stereocenters. The van der Waals surface area contributed by atoms with Gasteiger partial charge in [-0.3, -0.25) is 9.52 Å². The number of rotatable bonds is 13. The van der Waals surface area contributed by atoms with E-state index in [0.29, 0.717) is 30.7 Å². The van der Waals surface area contributed by atoms with Crippen molar-refractivity contribution in [3.63, 3.8) is 0 Å². The number of sulfonamides is 1. The highest BCUT2D eigenvalue weighted by molar-refractivity contribution is 7.92. The SMILES string of the molecule is CCC(C)[C@H](NC(=O)O)C(=O)N(CCCc1ccccc1)CS(=O)(=O)Nc1ccc(OC)cc1. The highest BCUT2D eigenvalue weighted by atomic mass is 32.2. The van der Waals surface area contributed by atoms with Gasteiger partial charge in [0.2, 0.25) is 5.91 Å². The normalized spacial score (nSPS) is 12.9. The van der Waals surface area contributed by atoms with Gasteiger partial charge in [-0.15, -0.1) is 0 Å². The van der Waals surface area contributed by atoms with Crippen LogP contribution in [0.25, 0.3) is 0 Å². The van der Waals surface area contributed by atoms with E-state index in [1.807, 2.05) is 37.3 Å². The van der Waals surface area contributed by atoms with Crippen LogP contribution in [-0.4, -0.2) is 56.0 Å². The molecule has 3 N–H and O–H groups in total. The lowest BCUT2D eigenvalue weighted by Crippen LogP contribution is -2.53. The highest BCUT2D eigenvalue weighted by Gasteiger charge is 2.32. The predicted molar refractivity (Wildman–Crippen MR) is 131 cm³/mol. The van der Waals surface area contributed by atoms with Crippen LogP contribution in [0.15, 0.2) is 54.6 Å². The zero-order valence-electron chi connectivity index (χ0n) is 19.7. The Labute approximate surface area is 201 Å². The first kappa shape index (κ1) is 27.0. The fraction of sp³-hybridized carbons (Fsp3) is 0.417. The maximum atomic E-state index is 13.3. The predicted octanol–water partition coefficient (Wildman–Crippen LogP) is 3.54. The third-order valence-corrected chi connectivity index (χ3v) is 6.69. The molecular formula is C24H33N3O6S. The first-order chi connectivity index (χ1) is 16.1. The molecular weight excluding hydrogens is 458 g/mol. The molecule has 1 unspecified atom stereocenters. The van der Waals surface area contributed by atoms with E-state index in [0.717, 1.165) is 5.56 Å². The Bertz CT molecular complexity index is 1030. The molecule has 0 fully saturated rings. The van der Waals surface area contributed by atoms with Gasteiger partial charge in [0.15, 0.2) is 0 Å². The molecule has 0 saturated carbocycles. The van der Waals surface area contributed by atoms with Crippen molar-refractivity contribution in [2.45, 2.75) is 39.2 Å². The number of amides is 2. The van der Waals surface area contributed by atoms with Crippen LogP contribution in [-0.2, 0) is 21.2 Å². The van der Waals surface area contributed by atoms with Crippen molar-refractivity contribution in [2.75, 3.05) is 24.3 Å². The van der Waals surface area contributed by atoms with Gasteiger partial charge >= 0.3 is 6.09 Å². The van der Waals surface area contributed by atoms with Crippen molar-refractivity contribution in [1.82, 2.24) is 10.2 Å². The molecule has 2 aromatic carbocycles. The number of aryl methyl sites for hydroxylation is 1. The van der Waals surface area contributed by atoms with Crippen molar-refractivity contribution in [3.05, 3.63) is 60.2 Å². The van der Waals surface area contributed by atoms with Crippen LogP contribution in [0.1, 0.15) is 32.3 Å². The summed E-state index contributed by atoms with van der Waals surface area (Å²) in [4.78, 5) is 25.8. The number of carbonyl (C=O) groups is 2. The summed E-state index contributed by atoms with van der Waals surface area (Å²) in [5.41, 5.74) is 1.40. The summed E-state index contributed by atoms with van der Waals surface area (Å²) in [6, 6.07) is 15.0. The number of anilines is 1. The minimum absolute atomic E-state index is 0.158. The van der Waals surface area contributed by atoms with Crippen LogP contribution in [0.2, 0.25) is 0 Å². The molecule has 0 aliphatic rings. The van der Waals surface area contributed by atoms with Crippen molar-refractivity contribution in [1.29, 1.82) is 0 Å². The first-order valence-electron chi connectivity index (χ1n) is 11.1. The topological polar surface area (TPSA) is 125 Å². The zero-order valence-corrected chi connectivity index (χ0v) is 20.5. The molecule has 0 spiro atoms. The van der Waals surface area contributed by atoms with Crippen molar-refractivity contribution in [2.24, 2.45) is 5.92 Å². The number of nitrogens with one attached hydrogen (secondary N) is 2. The van der Waals surface area contributed by atoms with E-state index in [1.54, 1.807) is 31.2 Å².